The SMILES string of the molecule is NC1CNC2CC1C2. The average molecular weight is 112 g/mol. The van der Waals surface area contributed by atoms with Crippen LogP contribution in [-0.2, 0) is 0 Å². The van der Waals surface area contributed by atoms with Crippen LogP contribution in [0.1, 0.15) is 12.8 Å². The first-order valence-electron chi connectivity index (χ1n) is 3.35. The lowest BCUT2D eigenvalue weighted by atomic mass is 9.72. The number of hydrogen-bond donors (Lipinski definition) is 2. The fourth-order valence-corrected chi connectivity index (χ4v) is 1.65. The van der Waals surface area contributed by atoms with E-state index in [4.69, 9.17) is 5.73 Å². The zero-order valence-corrected chi connectivity index (χ0v) is 4.93. The summed E-state index contributed by atoms with van der Waals surface area (Å²) in [7, 11) is 0. The van der Waals surface area contributed by atoms with Crippen molar-refractivity contribution in [1.82, 2.24) is 5.32 Å². The molecule has 2 aliphatic heterocycles. The van der Waals surface area contributed by atoms with E-state index in [0.29, 0.717) is 6.04 Å². The Morgan fingerprint density at radius 2 is 2.12 bits per heavy atom. The molecule has 0 radical (unpaired) electrons. The van der Waals surface area contributed by atoms with Crippen molar-refractivity contribution in [2.45, 2.75) is 24.9 Å². The van der Waals surface area contributed by atoms with Crippen molar-refractivity contribution >= 4 is 0 Å². The van der Waals surface area contributed by atoms with Gasteiger partial charge in [0.25, 0.3) is 0 Å². The van der Waals surface area contributed by atoms with Crippen molar-refractivity contribution in [2.75, 3.05) is 6.54 Å². The molecule has 2 saturated heterocycles. The summed E-state index contributed by atoms with van der Waals surface area (Å²) in [6.45, 7) is 1.05. The minimum Gasteiger partial charge on any atom is -0.326 e. The molecule has 2 heterocycles. The molecule has 1 atom stereocenters. The van der Waals surface area contributed by atoms with E-state index in [2.05, 4.69) is 5.32 Å². The number of fused-ring (bicyclic) bond motifs is 2. The molecule has 0 aromatic rings. The van der Waals surface area contributed by atoms with Gasteiger partial charge in [0.1, 0.15) is 0 Å². The summed E-state index contributed by atoms with van der Waals surface area (Å²) in [6, 6.07) is 1.29. The molecule has 2 bridgehead atoms. The predicted molar refractivity (Wildman–Crippen MR) is 32.5 cm³/mol. The van der Waals surface area contributed by atoms with Gasteiger partial charge in [-0.1, -0.05) is 0 Å². The molecule has 1 aliphatic carbocycles. The Morgan fingerprint density at radius 3 is 2.38 bits per heavy atom. The van der Waals surface area contributed by atoms with Gasteiger partial charge in [0.15, 0.2) is 0 Å². The molecule has 2 nitrogen and oxygen atoms in total. The van der Waals surface area contributed by atoms with Crippen LogP contribution in [0.25, 0.3) is 0 Å². The third-order valence-corrected chi connectivity index (χ3v) is 2.42. The Kier molecular flexibility index (Phi) is 0.866. The van der Waals surface area contributed by atoms with Gasteiger partial charge in [-0.25, -0.2) is 0 Å². The van der Waals surface area contributed by atoms with Crippen LogP contribution < -0.4 is 11.1 Å². The van der Waals surface area contributed by atoms with E-state index < -0.39 is 0 Å². The second-order valence-corrected chi connectivity index (χ2v) is 3.00. The van der Waals surface area contributed by atoms with Crippen LogP contribution in [-0.4, -0.2) is 18.6 Å². The van der Waals surface area contributed by atoms with Gasteiger partial charge >= 0.3 is 0 Å². The lowest BCUT2D eigenvalue weighted by Gasteiger charge is -2.45. The Morgan fingerprint density at radius 1 is 1.38 bits per heavy atom. The minimum atomic E-state index is 0.458. The third kappa shape index (κ3) is 0.501. The van der Waals surface area contributed by atoms with Gasteiger partial charge in [0, 0.05) is 18.6 Å². The molecule has 46 valence electrons. The third-order valence-electron chi connectivity index (χ3n) is 2.42. The Bertz CT molecular complexity index is 91.2. The van der Waals surface area contributed by atoms with Gasteiger partial charge in [-0.15, -0.1) is 0 Å². The molecule has 0 aromatic carbocycles. The number of piperidine rings is 2. The first-order valence-corrected chi connectivity index (χ1v) is 3.35. The van der Waals surface area contributed by atoms with Crippen molar-refractivity contribution in [2.24, 2.45) is 11.7 Å². The van der Waals surface area contributed by atoms with Gasteiger partial charge in [0.2, 0.25) is 0 Å². The zero-order valence-electron chi connectivity index (χ0n) is 4.93. The first kappa shape index (κ1) is 4.77. The van der Waals surface area contributed by atoms with Gasteiger partial charge in [0.05, 0.1) is 0 Å². The van der Waals surface area contributed by atoms with Gasteiger partial charge in [-0.2, -0.15) is 0 Å². The maximum Gasteiger partial charge on any atom is 0.0195 e. The van der Waals surface area contributed by atoms with Crippen LogP contribution in [0.2, 0.25) is 0 Å². The van der Waals surface area contributed by atoms with E-state index in [9.17, 15) is 0 Å². The molecule has 3 aliphatic rings. The largest absolute Gasteiger partial charge is 0.326 e. The molecule has 8 heavy (non-hydrogen) atoms. The molecule has 3 N–H and O–H groups in total. The van der Waals surface area contributed by atoms with Crippen molar-refractivity contribution in [3.8, 4) is 0 Å². The predicted octanol–water partition coefficient (Wildman–Crippen LogP) is -0.305. The fraction of sp³-hybridized carbons (Fsp3) is 1.00. The lowest BCUT2D eigenvalue weighted by molar-refractivity contribution is 0.132. The lowest BCUT2D eigenvalue weighted by Crippen LogP contribution is -2.59. The van der Waals surface area contributed by atoms with Gasteiger partial charge < -0.3 is 11.1 Å². The Labute approximate surface area is 49.4 Å². The maximum atomic E-state index is 5.75. The Balaban J connectivity index is 2.01. The molecule has 1 saturated carbocycles. The zero-order chi connectivity index (χ0) is 5.56. The fourth-order valence-electron chi connectivity index (χ4n) is 1.65. The summed E-state index contributed by atoms with van der Waals surface area (Å²) in [5.74, 6) is 0.862. The summed E-state index contributed by atoms with van der Waals surface area (Å²) in [5, 5.41) is 3.37. The number of hydrogen-bond acceptors (Lipinski definition) is 2. The van der Waals surface area contributed by atoms with E-state index in [0.717, 1.165) is 18.5 Å². The van der Waals surface area contributed by atoms with Crippen LogP contribution >= 0.6 is 0 Å². The summed E-state index contributed by atoms with van der Waals surface area (Å²) in [4.78, 5) is 0. The Hall–Kier alpha value is -0.0800. The molecule has 3 rings (SSSR count). The highest BCUT2D eigenvalue weighted by atomic mass is 15.0. The van der Waals surface area contributed by atoms with E-state index in [-0.39, 0.29) is 0 Å². The molecular formula is C6H12N2. The average Bonchev–Trinajstić information content (AvgIpc) is 1.62. The monoisotopic (exact) mass is 112 g/mol. The standard InChI is InChI=1S/C6H12N2/c7-6-3-8-5-1-4(6)2-5/h4-6,8H,1-3,7H2. The van der Waals surface area contributed by atoms with E-state index in [1.165, 1.54) is 12.8 Å². The highest BCUT2D eigenvalue weighted by Gasteiger charge is 2.37. The molecule has 3 fully saturated rings. The highest BCUT2D eigenvalue weighted by Crippen LogP contribution is 2.32. The summed E-state index contributed by atoms with van der Waals surface area (Å²) < 4.78 is 0. The van der Waals surface area contributed by atoms with Gasteiger partial charge in [-0.05, 0) is 18.8 Å². The summed E-state index contributed by atoms with van der Waals surface area (Å²) in [5.41, 5.74) is 5.75. The topological polar surface area (TPSA) is 38.0 Å². The van der Waals surface area contributed by atoms with E-state index in [1.807, 2.05) is 0 Å². The van der Waals surface area contributed by atoms with Crippen molar-refractivity contribution < 1.29 is 0 Å². The summed E-state index contributed by atoms with van der Waals surface area (Å²) >= 11 is 0. The molecule has 2 heteroatoms. The van der Waals surface area contributed by atoms with Gasteiger partial charge in [-0.3, -0.25) is 0 Å². The molecule has 1 unspecified atom stereocenters. The summed E-state index contributed by atoms with van der Waals surface area (Å²) in [6.07, 6.45) is 2.67. The molecule has 0 aromatic heterocycles. The van der Waals surface area contributed by atoms with Crippen molar-refractivity contribution in [3.63, 3.8) is 0 Å². The molecule has 0 spiro atoms. The second-order valence-electron chi connectivity index (χ2n) is 3.00. The van der Waals surface area contributed by atoms with Crippen LogP contribution in [0.4, 0.5) is 0 Å². The van der Waals surface area contributed by atoms with E-state index >= 15 is 0 Å². The van der Waals surface area contributed by atoms with Crippen LogP contribution in [0.5, 0.6) is 0 Å². The van der Waals surface area contributed by atoms with Crippen molar-refractivity contribution in [1.29, 1.82) is 0 Å². The van der Waals surface area contributed by atoms with Crippen LogP contribution in [0.15, 0.2) is 0 Å². The van der Waals surface area contributed by atoms with Crippen molar-refractivity contribution in [3.05, 3.63) is 0 Å². The number of rotatable bonds is 0. The van der Waals surface area contributed by atoms with Crippen LogP contribution in [0, 0.1) is 5.92 Å². The number of nitrogens with two attached hydrogens (primary N) is 1. The van der Waals surface area contributed by atoms with E-state index in [1.54, 1.807) is 0 Å². The molecular weight excluding hydrogens is 100 g/mol. The minimum absolute atomic E-state index is 0.458. The normalized spacial score (nSPS) is 52.9. The molecule has 0 amide bonds. The maximum absolute atomic E-state index is 5.75. The smallest absolute Gasteiger partial charge is 0.0195 e. The first-order chi connectivity index (χ1) is 3.86. The highest BCUT2D eigenvalue weighted by molar-refractivity contribution is 4.97. The number of nitrogens with one attached hydrogen (secondary N) is 1. The second kappa shape index (κ2) is 1.45. The quantitative estimate of drug-likeness (QED) is 0.451. The van der Waals surface area contributed by atoms with Crippen LogP contribution in [0.3, 0.4) is 0 Å².